The molecule has 2 amide bonds. The fourth-order valence-corrected chi connectivity index (χ4v) is 6.45. The summed E-state index contributed by atoms with van der Waals surface area (Å²) in [5, 5.41) is 0. The van der Waals surface area contributed by atoms with Crippen LogP contribution in [0.1, 0.15) is 44.1 Å². The maximum absolute atomic E-state index is 14.1. The van der Waals surface area contributed by atoms with Crippen molar-refractivity contribution in [1.82, 2.24) is 14.8 Å². The Labute approximate surface area is 206 Å². The van der Waals surface area contributed by atoms with Crippen LogP contribution in [-0.4, -0.2) is 68.2 Å². The Kier molecular flexibility index (Phi) is 5.91. The Hall–Kier alpha value is -2.52. The van der Waals surface area contributed by atoms with E-state index >= 15 is 0 Å². The summed E-state index contributed by atoms with van der Waals surface area (Å²) in [7, 11) is 0.731. The summed E-state index contributed by atoms with van der Waals surface area (Å²) in [6.45, 7) is 1.27. The standard InChI is InChI=1S/C26H33FN4O3S/c1-29(2)26(20-5-4-6-21(27)15-20)13-11-25(12-14-26)18-30(24(32)31(25)17-19-7-8-19)23-10-9-22(16-28-23)35(3,33)34/h4-6,9-10,15-16,19H,7-8,11-14,17-18H2,1-3H3/t25-,26+. The van der Waals surface area contributed by atoms with Gasteiger partial charge in [0.25, 0.3) is 0 Å². The molecule has 2 saturated carbocycles. The van der Waals surface area contributed by atoms with Crippen molar-refractivity contribution in [3.8, 4) is 0 Å². The highest BCUT2D eigenvalue weighted by atomic mass is 32.2. The molecule has 2 aliphatic carbocycles. The van der Waals surface area contributed by atoms with Crippen molar-refractivity contribution >= 4 is 21.7 Å². The zero-order valence-corrected chi connectivity index (χ0v) is 21.4. The van der Waals surface area contributed by atoms with Crippen LogP contribution in [0.25, 0.3) is 0 Å². The summed E-state index contributed by atoms with van der Waals surface area (Å²) < 4.78 is 37.8. The minimum atomic E-state index is -3.36. The fourth-order valence-electron chi connectivity index (χ4n) is 5.89. The highest BCUT2D eigenvalue weighted by Gasteiger charge is 2.55. The SMILES string of the molecule is CN(C)[C@]1(c2cccc(F)c2)CC[C@]2(CC1)CN(c1ccc(S(C)(=O)=O)cn1)C(=O)N2CC1CC1. The van der Waals surface area contributed by atoms with Crippen molar-refractivity contribution in [3.05, 3.63) is 54.0 Å². The number of carbonyl (C=O) groups excluding carboxylic acids is 1. The Morgan fingerprint density at radius 2 is 1.83 bits per heavy atom. The van der Waals surface area contributed by atoms with Crippen LogP contribution in [0.15, 0.2) is 47.5 Å². The molecular weight excluding hydrogens is 467 g/mol. The molecule has 2 heterocycles. The van der Waals surface area contributed by atoms with Gasteiger partial charge in [-0.25, -0.2) is 22.6 Å². The van der Waals surface area contributed by atoms with E-state index in [0.29, 0.717) is 18.3 Å². The molecule has 2 aromatic rings. The number of benzene rings is 1. The van der Waals surface area contributed by atoms with Crippen LogP contribution < -0.4 is 4.90 Å². The molecule has 1 spiro atoms. The Balaban J connectivity index is 1.44. The first-order valence-corrected chi connectivity index (χ1v) is 14.1. The van der Waals surface area contributed by atoms with E-state index in [1.807, 2.05) is 20.2 Å². The van der Waals surface area contributed by atoms with Gasteiger partial charge >= 0.3 is 6.03 Å². The molecule has 1 saturated heterocycles. The van der Waals surface area contributed by atoms with E-state index in [2.05, 4.69) is 14.8 Å². The third kappa shape index (κ3) is 4.33. The van der Waals surface area contributed by atoms with Crippen molar-refractivity contribution in [2.24, 2.45) is 5.92 Å². The maximum Gasteiger partial charge on any atom is 0.326 e. The normalized spacial score (nSPS) is 27.3. The number of anilines is 1. The summed E-state index contributed by atoms with van der Waals surface area (Å²) in [4.78, 5) is 24.1. The molecule has 1 aliphatic heterocycles. The lowest BCUT2D eigenvalue weighted by Crippen LogP contribution is -2.55. The van der Waals surface area contributed by atoms with Crippen molar-refractivity contribution in [2.45, 2.75) is 54.5 Å². The Bertz CT molecular complexity index is 1220. The second kappa shape index (κ2) is 8.55. The largest absolute Gasteiger partial charge is 0.326 e. The Morgan fingerprint density at radius 3 is 2.37 bits per heavy atom. The summed E-state index contributed by atoms with van der Waals surface area (Å²) in [6, 6.07) is 9.98. The minimum Gasteiger partial charge on any atom is -0.317 e. The quantitative estimate of drug-likeness (QED) is 0.598. The van der Waals surface area contributed by atoms with Gasteiger partial charge in [-0.15, -0.1) is 0 Å². The van der Waals surface area contributed by atoms with E-state index < -0.39 is 9.84 Å². The van der Waals surface area contributed by atoms with Crippen molar-refractivity contribution in [3.63, 3.8) is 0 Å². The average Bonchev–Trinajstić information content (AvgIpc) is 3.60. The first-order chi connectivity index (χ1) is 16.5. The highest BCUT2D eigenvalue weighted by Crippen LogP contribution is 2.50. The third-order valence-corrected chi connectivity index (χ3v) is 9.37. The van der Waals surface area contributed by atoms with Crippen LogP contribution in [0.2, 0.25) is 0 Å². The van der Waals surface area contributed by atoms with Gasteiger partial charge in [0.1, 0.15) is 11.6 Å². The first-order valence-electron chi connectivity index (χ1n) is 12.2. The van der Waals surface area contributed by atoms with Crippen LogP contribution in [0.3, 0.4) is 0 Å². The molecule has 1 aromatic heterocycles. The summed E-state index contributed by atoms with van der Waals surface area (Å²) in [6.07, 6.45) is 8.00. The predicted octanol–water partition coefficient (Wildman–Crippen LogP) is 4.05. The van der Waals surface area contributed by atoms with Gasteiger partial charge in [-0.1, -0.05) is 12.1 Å². The smallest absolute Gasteiger partial charge is 0.317 e. The molecule has 7 nitrogen and oxygen atoms in total. The van der Waals surface area contributed by atoms with Crippen LogP contribution in [0.5, 0.6) is 0 Å². The predicted molar refractivity (Wildman–Crippen MR) is 132 cm³/mol. The molecular formula is C26H33FN4O3S. The maximum atomic E-state index is 14.1. The van der Waals surface area contributed by atoms with Crippen LogP contribution in [-0.2, 0) is 15.4 Å². The number of urea groups is 1. The third-order valence-electron chi connectivity index (χ3n) is 8.28. The van der Waals surface area contributed by atoms with Gasteiger partial charge < -0.3 is 4.90 Å². The first kappa shape index (κ1) is 24.2. The summed E-state index contributed by atoms with van der Waals surface area (Å²) in [5.74, 6) is 0.792. The number of hydrogen-bond donors (Lipinski definition) is 0. The number of pyridine rings is 1. The molecule has 3 fully saturated rings. The zero-order chi connectivity index (χ0) is 25.0. The van der Waals surface area contributed by atoms with Gasteiger partial charge in [0.2, 0.25) is 0 Å². The lowest BCUT2D eigenvalue weighted by molar-refractivity contribution is 0.0248. The molecule has 0 N–H and O–H groups in total. The van der Waals surface area contributed by atoms with Gasteiger partial charge in [-0.2, -0.15) is 0 Å². The molecule has 188 valence electrons. The lowest BCUT2D eigenvalue weighted by atomic mass is 9.68. The molecule has 35 heavy (non-hydrogen) atoms. The van der Waals surface area contributed by atoms with Gasteiger partial charge in [0, 0.05) is 24.5 Å². The molecule has 9 heteroatoms. The van der Waals surface area contributed by atoms with Gasteiger partial charge in [-0.3, -0.25) is 9.80 Å². The summed E-state index contributed by atoms with van der Waals surface area (Å²) >= 11 is 0. The van der Waals surface area contributed by atoms with Crippen LogP contribution in [0, 0.1) is 11.7 Å². The monoisotopic (exact) mass is 500 g/mol. The van der Waals surface area contributed by atoms with E-state index in [9.17, 15) is 17.6 Å². The highest BCUT2D eigenvalue weighted by molar-refractivity contribution is 7.90. The van der Waals surface area contributed by atoms with E-state index in [1.54, 1.807) is 23.1 Å². The number of rotatable bonds is 6. The number of halogens is 1. The van der Waals surface area contributed by atoms with Crippen molar-refractivity contribution in [1.29, 1.82) is 0 Å². The fraction of sp³-hybridized carbons (Fsp3) is 0.538. The molecule has 0 bridgehead atoms. The molecule has 1 aromatic carbocycles. The van der Waals surface area contributed by atoms with Crippen LogP contribution >= 0.6 is 0 Å². The number of amides is 2. The second-order valence-corrected chi connectivity index (χ2v) is 12.7. The van der Waals surface area contributed by atoms with Crippen molar-refractivity contribution in [2.75, 3.05) is 38.3 Å². The minimum absolute atomic E-state index is 0.0559. The van der Waals surface area contributed by atoms with E-state index in [-0.39, 0.29) is 27.8 Å². The average molecular weight is 501 g/mol. The summed E-state index contributed by atoms with van der Waals surface area (Å²) in [5.41, 5.74) is 0.374. The molecule has 5 rings (SSSR count). The molecule has 0 unspecified atom stereocenters. The lowest BCUT2D eigenvalue weighted by Gasteiger charge is -2.51. The topological polar surface area (TPSA) is 73.8 Å². The van der Waals surface area contributed by atoms with Crippen LogP contribution in [0.4, 0.5) is 15.0 Å². The van der Waals surface area contributed by atoms with Crippen molar-refractivity contribution < 1.29 is 17.6 Å². The second-order valence-electron chi connectivity index (χ2n) is 10.7. The van der Waals surface area contributed by atoms with Gasteiger partial charge in [0.05, 0.1) is 17.0 Å². The van der Waals surface area contributed by atoms with E-state index in [4.69, 9.17) is 0 Å². The molecule has 0 atom stereocenters. The number of nitrogens with zero attached hydrogens (tertiary/aromatic N) is 4. The Morgan fingerprint density at radius 1 is 1.11 bits per heavy atom. The number of aromatic nitrogens is 1. The number of carbonyl (C=O) groups is 1. The number of sulfone groups is 1. The zero-order valence-electron chi connectivity index (χ0n) is 20.6. The molecule has 0 radical (unpaired) electrons. The molecule has 3 aliphatic rings. The van der Waals surface area contributed by atoms with E-state index in [1.165, 1.54) is 18.3 Å². The van der Waals surface area contributed by atoms with Gasteiger partial charge in [0.15, 0.2) is 9.84 Å². The van der Waals surface area contributed by atoms with Gasteiger partial charge in [-0.05, 0) is 88.4 Å². The number of hydrogen-bond acceptors (Lipinski definition) is 5. The van der Waals surface area contributed by atoms with E-state index in [0.717, 1.165) is 56.9 Å².